The number of carboxylic acids is 1. The summed E-state index contributed by atoms with van der Waals surface area (Å²) in [6, 6.07) is 4.54. The first kappa shape index (κ1) is 9.73. The predicted molar refractivity (Wildman–Crippen MR) is 55.4 cm³/mol. The summed E-state index contributed by atoms with van der Waals surface area (Å²) in [4.78, 5) is 14.7. The van der Waals surface area contributed by atoms with Gasteiger partial charge >= 0.3 is 5.97 Å². The molecule has 5 heteroatoms. The number of benzene rings is 1. The number of phenols is 1. The summed E-state index contributed by atoms with van der Waals surface area (Å²) < 4.78 is 0. The Morgan fingerprint density at radius 3 is 2.87 bits per heavy atom. The third kappa shape index (κ3) is 1.49. The quantitative estimate of drug-likeness (QED) is 0.778. The van der Waals surface area contributed by atoms with Gasteiger partial charge in [0.2, 0.25) is 0 Å². The molecule has 0 aliphatic rings. The average Bonchev–Trinajstić information content (AvgIpc) is 2.23. The molecular formula is C10H6ClNO3. The minimum Gasteiger partial charge on any atom is -0.505 e. The summed E-state index contributed by atoms with van der Waals surface area (Å²) in [6.45, 7) is 0. The van der Waals surface area contributed by atoms with Crippen molar-refractivity contribution in [3.8, 4) is 5.75 Å². The van der Waals surface area contributed by atoms with Gasteiger partial charge in [0.15, 0.2) is 5.75 Å². The molecule has 0 aliphatic heterocycles. The number of pyridine rings is 1. The Kier molecular flexibility index (Phi) is 2.21. The van der Waals surface area contributed by atoms with Crippen molar-refractivity contribution < 1.29 is 15.0 Å². The van der Waals surface area contributed by atoms with Crippen molar-refractivity contribution in [1.29, 1.82) is 0 Å². The Hall–Kier alpha value is -1.81. The SMILES string of the molecule is O=C(O)c1cc(Cl)c2cccnc2c1O. The van der Waals surface area contributed by atoms with Crippen molar-refractivity contribution in [3.05, 3.63) is 35.0 Å². The first-order valence-corrected chi connectivity index (χ1v) is 4.48. The Morgan fingerprint density at radius 1 is 1.47 bits per heavy atom. The maximum atomic E-state index is 10.8. The molecule has 0 saturated heterocycles. The molecule has 76 valence electrons. The van der Waals surface area contributed by atoms with Crippen LogP contribution in [0.1, 0.15) is 10.4 Å². The highest BCUT2D eigenvalue weighted by Gasteiger charge is 2.15. The van der Waals surface area contributed by atoms with Crippen LogP contribution in [-0.4, -0.2) is 21.2 Å². The number of hydrogen-bond acceptors (Lipinski definition) is 3. The molecule has 2 aromatic rings. The fourth-order valence-corrected chi connectivity index (χ4v) is 1.61. The lowest BCUT2D eigenvalue weighted by Gasteiger charge is -2.05. The normalized spacial score (nSPS) is 10.5. The third-order valence-electron chi connectivity index (χ3n) is 2.05. The topological polar surface area (TPSA) is 70.4 Å². The highest BCUT2D eigenvalue weighted by atomic mass is 35.5. The summed E-state index contributed by atoms with van der Waals surface area (Å²) in [5, 5.41) is 19.2. The van der Waals surface area contributed by atoms with Gasteiger partial charge in [0.1, 0.15) is 11.1 Å². The van der Waals surface area contributed by atoms with E-state index in [1.54, 1.807) is 12.1 Å². The molecule has 4 nitrogen and oxygen atoms in total. The van der Waals surface area contributed by atoms with E-state index in [-0.39, 0.29) is 21.9 Å². The number of aromatic nitrogens is 1. The fraction of sp³-hybridized carbons (Fsp3) is 0. The van der Waals surface area contributed by atoms with Gasteiger partial charge in [-0.15, -0.1) is 0 Å². The maximum Gasteiger partial charge on any atom is 0.339 e. The molecule has 1 aromatic heterocycles. The molecule has 0 radical (unpaired) electrons. The second kappa shape index (κ2) is 3.40. The molecule has 2 N–H and O–H groups in total. The summed E-state index contributed by atoms with van der Waals surface area (Å²) in [5.41, 5.74) is -0.0476. The minimum atomic E-state index is -1.23. The van der Waals surface area contributed by atoms with Crippen LogP contribution in [0.15, 0.2) is 24.4 Å². The third-order valence-corrected chi connectivity index (χ3v) is 2.36. The van der Waals surface area contributed by atoms with Gasteiger partial charge in [0.05, 0.1) is 5.02 Å². The molecule has 1 heterocycles. The molecule has 0 spiro atoms. The van der Waals surface area contributed by atoms with Gasteiger partial charge in [-0.2, -0.15) is 0 Å². The highest BCUT2D eigenvalue weighted by Crippen LogP contribution is 2.32. The summed E-state index contributed by atoms with van der Waals surface area (Å²) in [6.07, 6.45) is 1.46. The van der Waals surface area contributed by atoms with Gasteiger partial charge in [-0.1, -0.05) is 11.6 Å². The van der Waals surface area contributed by atoms with Gasteiger partial charge in [-0.3, -0.25) is 4.98 Å². The Morgan fingerprint density at radius 2 is 2.20 bits per heavy atom. The van der Waals surface area contributed by atoms with Crippen LogP contribution in [0.2, 0.25) is 5.02 Å². The van der Waals surface area contributed by atoms with Crippen LogP contribution in [0.3, 0.4) is 0 Å². The van der Waals surface area contributed by atoms with Gasteiger partial charge in [-0.05, 0) is 18.2 Å². The van der Waals surface area contributed by atoms with Crippen molar-refractivity contribution in [2.24, 2.45) is 0 Å². The Balaban J connectivity index is 2.90. The van der Waals surface area contributed by atoms with Crippen LogP contribution in [0.4, 0.5) is 0 Å². The zero-order valence-corrected chi connectivity index (χ0v) is 8.19. The molecule has 2 rings (SSSR count). The highest BCUT2D eigenvalue weighted by molar-refractivity contribution is 6.36. The number of nitrogens with zero attached hydrogens (tertiary/aromatic N) is 1. The first-order valence-electron chi connectivity index (χ1n) is 4.10. The maximum absolute atomic E-state index is 10.8. The van der Waals surface area contributed by atoms with Crippen molar-refractivity contribution in [2.45, 2.75) is 0 Å². The average molecular weight is 224 g/mol. The fourth-order valence-electron chi connectivity index (χ4n) is 1.35. The number of rotatable bonds is 1. The zero-order chi connectivity index (χ0) is 11.0. The summed E-state index contributed by atoms with van der Waals surface area (Å²) in [7, 11) is 0. The molecule has 0 saturated carbocycles. The van der Waals surface area contributed by atoms with Crippen LogP contribution in [0.5, 0.6) is 5.75 Å². The molecule has 0 atom stereocenters. The molecule has 0 bridgehead atoms. The van der Waals surface area contributed by atoms with Crippen molar-refractivity contribution in [2.75, 3.05) is 0 Å². The number of halogens is 1. The van der Waals surface area contributed by atoms with Crippen molar-refractivity contribution >= 4 is 28.5 Å². The van der Waals surface area contributed by atoms with Crippen molar-refractivity contribution in [1.82, 2.24) is 4.98 Å². The van der Waals surface area contributed by atoms with E-state index in [0.29, 0.717) is 5.39 Å². The van der Waals surface area contributed by atoms with E-state index in [1.807, 2.05) is 0 Å². The smallest absolute Gasteiger partial charge is 0.339 e. The van der Waals surface area contributed by atoms with E-state index >= 15 is 0 Å². The molecule has 15 heavy (non-hydrogen) atoms. The standard InChI is InChI=1S/C10H6ClNO3/c11-7-4-6(10(14)15)9(13)8-5(7)2-1-3-12-8/h1-4,13H,(H,14,15). The van der Waals surface area contributed by atoms with Crippen LogP contribution >= 0.6 is 11.6 Å². The van der Waals surface area contributed by atoms with Gasteiger partial charge in [0.25, 0.3) is 0 Å². The van der Waals surface area contributed by atoms with Gasteiger partial charge < -0.3 is 10.2 Å². The number of aromatic carboxylic acids is 1. The predicted octanol–water partition coefficient (Wildman–Crippen LogP) is 2.29. The molecule has 0 fully saturated rings. The number of carboxylic acid groups (broad SMARTS) is 1. The second-order valence-corrected chi connectivity index (χ2v) is 3.37. The summed E-state index contributed by atoms with van der Waals surface area (Å²) >= 11 is 5.86. The second-order valence-electron chi connectivity index (χ2n) is 2.96. The monoisotopic (exact) mass is 223 g/mol. The van der Waals surface area contributed by atoms with Crippen LogP contribution < -0.4 is 0 Å². The Labute approximate surface area is 89.8 Å². The van der Waals surface area contributed by atoms with Gasteiger partial charge in [0, 0.05) is 11.6 Å². The van der Waals surface area contributed by atoms with Crippen LogP contribution in [-0.2, 0) is 0 Å². The van der Waals surface area contributed by atoms with E-state index in [4.69, 9.17) is 16.7 Å². The van der Waals surface area contributed by atoms with E-state index < -0.39 is 5.97 Å². The molecule has 0 amide bonds. The minimum absolute atomic E-state index is 0.197. The number of aromatic hydroxyl groups is 1. The lowest BCUT2D eigenvalue weighted by atomic mass is 10.1. The van der Waals surface area contributed by atoms with E-state index in [0.717, 1.165) is 0 Å². The Bertz CT molecular complexity index is 554. The molecule has 1 aromatic carbocycles. The lowest BCUT2D eigenvalue weighted by Crippen LogP contribution is -1.98. The van der Waals surface area contributed by atoms with Crippen LogP contribution in [0, 0.1) is 0 Å². The zero-order valence-electron chi connectivity index (χ0n) is 7.44. The molecule has 0 unspecified atom stereocenters. The van der Waals surface area contributed by atoms with Crippen LogP contribution in [0.25, 0.3) is 10.9 Å². The summed E-state index contributed by atoms with van der Waals surface area (Å²) in [5.74, 6) is -1.59. The number of carbonyl (C=O) groups is 1. The van der Waals surface area contributed by atoms with E-state index in [1.165, 1.54) is 12.3 Å². The lowest BCUT2D eigenvalue weighted by molar-refractivity contribution is 0.0694. The largest absolute Gasteiger partial charge is 0.505 e. The van der Waals surface area contributed by atoms with E-state index in [9.17, 15) is 9.90 Å². The molecule has 0 aliphatic carbocycles. The number of hydrogen-bond donors (Lipinski definition) is 2. The van der Waals surface area contributed by atoms with Crippen molar-refractivity contribution in [3.63, 3.8) is 0 Å². The van der Waals surface area contributed by atoms with Gasteiger partial charge in [-0.25, -0.2) is 4.79 Å². The van der Waals surface area contributed by atoms with E-state index in [2.05, 4.69) is 4.98 Å². The first-order chi connectivity index (χ1) is 7.11. The molecular weight excluding hydrogens is 218 g/mol. The number of fused-ring (bicyclic) bond motifs is 1.